The Morgan fingerprint density at radius 2 is 1.59 bits per heavy atom. The zero-order valence-electron chi connectivity index (χ0n) is 19.4. The second kappa shape index (κ2) is 10.9. The van der Waals surface area contributed by atoms with Crippen LogP contribution in [0.25, 0.3) is 17.0 Å². The summed E-state index contributed by atoms with van der Waals surface area (Å²) in [5.74, 6) is 0.359. The first-order chi connectivity index (χ1) is 15.5. The van der Waals surface area contributed by atoms with Crippen molar-refractivity contribution in [3.05, 3.63) is 65.9 Å². The number of allylic oxidation sites excluding steroid dienone is 1. The van der Waals surface area contributed by atoms with E-state index >= 15 is 0 Å². The Morgan fingerprint density at radius 3 is 2.28 bits per heavy atom. The van der Waals surface area contributed by atoms with Gasteiger partial charge in [0.1, 0.15) is 22.7 Å². The molecule has 4 nitrogen and oxygen atoms in total. The average molecular weight is 431 g/mol. The van der Waals surface area contributed by atoms with Crippen LogP contribution in [0.15, 0.2) is 59.6 Å². The first kappa shape index (κ1) is 23.5. The molecule has 0 aliphatic heterocycles. The number of aliphatic imine (C=N–C) groups is 1. The number of unbranched alkanes of at least 4 members (excludes halogenated alkanes) is 2. The van der Waals surface area contributed by atoms with E-state index in [0.717, 1.165) is 55.2 Å². The van der Waals surface area contributed by atoms with Crippen LogP contribution < -0.4 is 0 Å². The number of benzene rings is 2. The summed E-state index contributed by atoms with van der Waals surface area (Å²) in [5, 5.41) is 21.9. The molecule has 1 aromatic heterocycles. The number of nitrogens with zero attached hydrogens (tertiary/aromatic N) is 2. The number of hydrogen-bond acceptors (Lipinski definition) is 4. The Morgan fingerprint density at radius 1 is 0.906 bits per heavy atom. The molecule has 3 aromatic rings. The number of rotatable bonds is 10. The number of hydrogen-bond donors (Lipinski definition) is 2. The molecule has 0 radical (unpaired) electrons. The average Bonchev–Trinajstić information content (AvgIpc) is 2.80. The molecule has 0 atom stereocenters. The van der Waals surface area contributed by atoms with Crippen LogP contribution in [0.3, 0.4) is 0 Å². The van der Waals surface area contributed by atoms with Gasteiger partial charge in [-0.15, -0.1) is 0 Å². The number of para-hydroxylation sites is 2. The number of aromatic nitrogens is 1. The number of fused-ring (bicyclic) bond motifs is 1. The quantitative estimate of drug-likeness (QED) is 0.324. The van der Waals surface area contributed by atoms with Gasteiger partial charge in [-0.3, -0.25) is 4.99 Å². The zero-order valence-corrected chi connectivity index (χ0v) is 19.4. The molecule has 0 fully saturated rings. The third-order valence-corrected chi connectivity index (χ3v) is 5.99. The van der Waals surface area contributed by atoms with Gasteiger partial charge in [-0.25, -0.2) is 4.98 Å². The predicted molar refractivity (Wildman–Crippen MR) is 135 cm³/mol. The van der Waals surface area contributed by atoms with E-state index in [1.807, 2.05) is 55.6 Å². The standard InChI is InChI=1S/C28H34N2O2/c1-4-7-18-28(19-8-5-2,20-29-26-21(11-6-3)12-9-14-23(26)31)25-17-16-22-13-10-15-24(32)27(22)30-25/h6,9-17,20,31-32H,4-5,7-8,18-19H2,1-3H3/b11-6-,29-20+. The van der Waals surface area contributed by atoms with E-state index < -0.39 is 0 Å². The third kappa shape index (κ3) is 5.18. The SMILES string of the molecule is C/C=C\c1cccc(O)c1/N=C/C(CCCC)(CCCC)c1ccc2cccc(O)c2n1. The monoisotopic (exact) mass is 430 g/mol. The fourth-order valence-electron chi connectivity index (χ4n) is 4.16. The van der Waals surface area contributed by atoms with Crippen LogP contribution in [0.4, 0.5) is 5.69 Å². The molecule has 4 heteroatoms. The molecule has 0 bridgehead atoms. The van der Waals surface area contributed by atoms with Crippen LogP contribution >= 0.6 is 0 Å². The molecular formula is C28H34N2O2. The van der Waals surface area contributed by atoms with Crippen molar-refractivity contribution in [1.29, 1.82) is 0 Å². The summed E-state index contributed by atoms with van der Waals surface area (Å²) in [4.78, 5) is 9.78. The van der Waals surface area contributed by atoms with Crippen molar-refractivity contribution in [2.45, 2.75) is 64.7 Å². The molecule has 0 aliphatic rings. The maximum atomic E-state index is 10.5. The van der Waals surface area contributed by atoms with Crippen molar-refractivity contribution in [3.63, 3.8) is 0 Å². The van der Waals surface area contributed by atoms with Crippen LogP contribution in [-0.2, 0) is 5.41 Å². The lowest BCUT2D eigenvalue weighted by Gasteiger charge is -2.30. The van der Waals surface area contributed by atoms with E-state index in [-0.39, 0.29) is 16.9 Å². The molecule has 0 spiro atoms. The predicted octanol–water partition coefficient (Wildman–Crippen LogP) is 7.70. The second-order valence-corrected chi connectivity index (χ2v) is 8.38. The minimum Gasteiger partial charge on any atom is -0.506 e. The Bertz CT molecular complexity index is 1090. The molecule has 0 amide bonds. The minimum atomic E-state index is -0.377. The van der Waals surface area contributed by atoms with Gasteiger partial charge in [0.25, 0.3) is 0 Å². The van der Waals surface area contributed by atoms with Gasteiger partial charge in [0.15, 0.2) is 0 Å². The maximum Gasteiger partial charge on any atom is 0.141 e. The Kier molecular flexibility index (Phi) is 8.04. The molecule has 0 aliphatic carbocycles. The lowest BCUT2D eigenvalue weighted by atomic mass is 9.76. The number of pyridine rings is 1. The molecule has 0 saturated heterocycles. The van der Waals surface area contributed by atoms with Crippen LogP contribution in [0.1, 0.15) is 70.6 Å². The fourth-order valence-corrected chi connectivity index (χ4v) is 4.16. The molecule has 1 heterocycles. The summed E-state index contributed by atoms with van der Waals surface area (Å²) in [6.07, 6.45) is 11.9. The maximum absolute atomic E-state index is 10.5. The summed E-state index contributed by atoms with van der Waals surface area (Å²) in [6, 6.07) is 15.0. The highest BCUT2D eigenvalue weighted by Gasteiger charge is 2.31. The summed E-state index contributed by atoms with van der Waals surface area (Å²) in [5.41, 5.74) is 2.62. The van der Waals surface area contributed by atoms with Gasteiger partial charge in [-0.2, -0.15) is 0 Å². The van der Waals surface area contributed by atoms with Crippen LogP contribution in [-0.4, -0.2) is 21.4 Å². The molecule has 2 N–H and O–H groups in total. The second-order valence-electron chi connectivity index (χ2n) is 8.38. The molecular weight excluding hydrogens is 396 g/mol. The minimum absolute atomic E-state index is 0.167. The number of aromatic hydroxyl groups is 2. The van der Waals surface area contributed by atoms with E-state index in [9.17, 15) is 10.2 Å². The van der Waals surface area contributed by atoms with Gasteiger partial charge >= 0.3 is 0 Å². The van der Waals surface area contributed by atoms with Crippen molar-refractivity contribution in [2.75, 3.05) is 0 Å². The smallest absolute Gasteiger partial charge is 0.141 e. The van der Waals surface area contributed by atoms with Crippen molar-refractivity contribution in [1.82, 2.24) is 4.98 Å². The van der Waals surface area contributed by atoms with Gasteiger partial charge < -0.3 is 10.2 Å². The van der Waals surface area contributed by atoms with Gasteiger partial charge in [-0.1, -0.05) is 82.0 Å². The Labute approximate surface area is 191 Å². The van der Waals surface area contributed by atoms with Crippen LogP contribution in [0.2, 0.25) is 0 Å². The van der Waals surface area contributed by atoms with E-state index in [1.54, 1.807) is 12.1 Å². The van der Waals surface area contributed by atoms with E-state index in [2.05, 4.69) is 19.9 Å². The van der Waals surface area contributed by atoms with E-state index in [4.69, 9.17) is 9.98 Å². The van der Waals surface area contributed by atoms with Gasteiger partial charge in [0.2, 0.25) is 0 Å². The van der Waals surface area contributed by atoms with Crippen molar-refractivity contribution < 1.29 is 10.2 Å². The highest BCUT2D eigenvalue weighted by Crippen LogP contribution is 2.38. The molecule has 0 unspecified atom stereocenters. The number of phenols is 2. The Balaban J connectivity index is 2.17. The van der Waals surface area contributed by atoms with Crippen molar-refractivity contribution >= 4 is 28.9 Å². The zero-order chi connectivity index (χ0) is 23.0. The third-order valence-electron chi connectivity index (χ3n) is 5.99. The van der Waals surface area contributed by atoms with Crippen LogP contribution in [0.5, 0.6) is 11.5 Å². The summed E-state index contributed by atoms with van der Waals surface area (Å²) in [7, 11) is 0. The molecule has 0 saturated carbocycles. The van der Waals surface area contributed by atoms with Gasteiger partial charge in [0, 0.05) is 22.6 Å². The van der Waals surface area contributed by atoms with Crippen molar-refractivity contribution in [3.8, 4) is 11.5 Å². The topological polar surface area (TPSA) is 65.7 Å². The fraction of sp³-hybridized carbons (Fsp3) is 0.357. The first-order valence-corrected chi connectivity index (χ1v) is 11.6. The first-order valence-electron chi connectivity index (χ1n) is 11.6. The van der Waals surface area contributed by atoms with Gasteiger partial charge in [-0.05, 0) is 38.0 Å². The van der Waals surface area contributed by atoms with Crippen molar-refractivity contribution in [2.24, 2.45) is 4.99 Å². The Hall–Kier alpha value is -3.14. The van der Waals surface area contributed by atoms with E-state index in [1.165, 1.54) is 0 Å². The van der Waals surface area contributed by atoms with Crippen LogP contribution in [0, 0.1) is 0 Å². The highest BCUT2D eigenvalue weighted by molar-refractivity contribution is 5.86. The van der Waals surface area contributed by atoms with E-state index in [0.29, 0.717) is 11.2 Å². The summed E-state index contributed by atoms with van der Waals surface area (Å²) < 4.78 is 0. The summed E-state index contributed by atoms with van der Waals surface area (Å²) >= 11 is 0. The van der Waals surface area contributed by atoms with Gasteiger partial charge in [0.05, 0.1) is 5.69 Å². The number of phenolic OH excluding ortho intramolecular Hbond substituents is 2. The molecule has 2 aromatic carbocycles. The molecule has 3 rings (SSSR count). The molecule has 168 valence electrons. The molecule has 32 heavy (non-hydrogen) atoms. The summed E-state index contributed by atoms with van der Waals surface area (Å²) in [6.45, 7) is 6.33. The normalized spacial score (nSPS) is 12.3. The lowest BCUT2D eigenvalue weighted by molar-refractivity contribution is 0.444. The highest BCUT2D eigenvalue weighted by atomic mass is 16.3. The largest absolute Gasteiger partial charge is 0.506 e. The lowest BCUT2D eigenvalue weighted by Crippen LogP contribution is -2.29.